The van der Waals surface area contributed by atoms with E-state index in [9.17, 15) is 31.5 Å². The summed E-state index contributed by atoms with van der Waals surface area (Å²) in [7, 11) is -3.50. The van der Waals surface area contributed by atoms with Gasteiger partial charge in [0.25, 0.3) is 0 Å². The third-order valence-corrected chi connectivity index (χ3v) is 6.64. The zero-order chi connectivity index (χ0) is 19.9. The topological polar surface area (TPSA) is 77.9 Å². The standard InChI is InChI=1S/C16H18BrF3N2O4S/c17-10-3-1-2-9(13(10)19)8-12-14(11(18)4-7-21(12)15(23)24)22(27(25)26)16(20)5-6-16/h1-3,11-12,14,27H,4-8H2,(H,23,24)/t11-,12-,14-/m0/s1. The average Bonchev–Trinajstić information content (AvgIpc) is 3.32. The molecular formula is C16H18BrF3N2O4S. The van der Waals surface area contributed by atoms with Gasteiger partial charge in [0.2, 0.25) is 10.9 Å². The molecule has 1 aromatic rings. The molecule has 1 saturated carbocycles. The van der Waals surface area contributed by atoms with Gasteiger partial charge in [0, 0.05) is 19.4 Å². The number of hydrogen-bond acceptors (Lipinski definition) is 3. The number of hydrogen-bond donors (Lipinski definition) is 2. The fraction of sp³-hybridized carbons (Fsp3) is 0.562. The Morgan fingerprint density at radius 3 is 2.63 bits per heavy atom. The van der Waals surface area contributed by atoms with Crippen molar-refractivity contribution in [2.24, 2.45) is 0 Å². The van der Waals surface area contributed by atoms with E-state index in [1.54, 1.807) is 0 Å². The minimum Gasteiger partial charge on any atom is -0.465 e. The monoisotopic (exact) mass is 470 g/mol. The fourth-order valence-electron chi connectivity index (χ4n) is 3.60. The summed E-state index contributed by atoms with van der Waals surface area (Å²) in [5.74, 6) is -2.86. The van der Waals surface area contributed by atoms with Crippen molar-refractivity contribution in [3.05, 3.63) is 34.1 Å². The lowest BCUT2D eigenvalue weighted by Crippen LogP contribution is -2.63. The van der Waals surface area contributed by atoms with Crippen LogP contribution in [0.1, 0.15) is 24.8 Å². The molecule has 3 rings (SSSR count). The molecule has 0 radical (unpaired) electrons. The molecule has 1 aliphatic carbocycles. The van der Waals surface area contributed by atoms with Gasteiger partial charge in [0.15, 0.2) is 5.79 Å². The molecule has 1 N–H and O–H groups in total. The predicted molar refractivity (Wildman–Crippen MR) is 94.9 cm³/mol. The van der Waals surface area contributed by atoms with Crippen LogP contribution in [0.25, 0.3) is 0 Å². The number of halogens is 4. The van der Waals surface area contributed by atoms with Gasteiger partial charge in [-0.2, -0.15) is 4.31 Å². The van der Waals surface area contributed by atoms with Crippen molar-refractivity contribution in [1.82, 2.24) is 9.21 Å². The van der Waals surface area contributed by atoms with Crippen molar-refractivity contribution in [2.45, 2.75) is 49.7 Å². The summed E-state index contributed by atoms with van der Waals surface area (Å²) in [5, 5.41) is 9.49. The van der Waals surface area contributed by atoms with E-state index in [0.717, 1.165) is 4.90 Å². The van der Waals surface area contributed by atoms with Crippen molar-refractivity contribution in [3.63, 3.8) is 0 Å². The largest absolute Gasteiger partial charge is 0.465 e. The lowest BCUT2D eigenvalue weighted by Gasteiger charge is -2.45. The lowest BCUT2D eigenvalue weighted by molar-refractivity contribution is -0.0180. The van der Waals surface area contributed by atoms with Crippen molar-refractivity contribution < 1.29 is 31.5 Å². The first-order valence-electron chi connectivity index (χ1n) is 8.35. The summed E-state index contributed by atoms with van der Waals surface area (Å²) >= 11 is 3.03. The summed E-state index contributed by atoms with van der Waals surface area (Å²) in [6, 6.07) is 1.58. The normalized spacial score (nSPS) is 27.2. The second-order valence-electron chi connectivity index (χ2n) is 6.76. The Bertz CT molecular complexity index is 813. The lowest BCUT2D eigenvalue weighted by atomic mass is 9.89. The highest BCUT2D eigenvalue weighted by atomic mass is 79.9. The molecule has 0 bridgehead atoms. The van der Waals surface area contributed by atoms with Gasteiger partial charge < -0.3 is 10.0 Å². The number of amides is 1. The fourth-order valence-corrected chi connectivity index (χ4v) is 5.01. The van der Waals surface area contributed by atoms with E-state index in [1.807, 2.05) is 0 Å². The Morgan fingerprint density at radius 2 is 2.07 bits per heavy atom. The molecule has 1 aliphatic heterocycles. The Labute approximate surface area is 164 Å². The van der Waals surface area contributed by atoms with E-state index in [2.05, 4.69) is 15.9 Å². The number of alkyl halides is 2. The number of carboxylic acid groups (broad SMARTS) is 1. The SMILES string of the molecule is O=C(O)N1CC[C@H](F)[C@H](N([SH](=O)=O)C2(F)CC2)[C@@H]1Cc1cccc(Br)c1F. The van der Waals surface area contributed by atoms with E-state index in [4.69, 9.17) is 0 Å². The summed E-state index contributed by atoms with van der Waals surface area (Å²) in [6.45, 7) is -0.184. The zero-order valence-corrected chi connectivity index (χ0v) is 16.5. The van der Waals surface area contributed by atoms with E-state index in [0.29, 0.717) is 4.31 Å². The quantitative estimate of drug-likeness (QED) is 0.512. The third-order valence-electron chi connectivity index (χ3n) is 5.05. The predicted octanol–water partition coefficient (Wildman–Crippen LogP) is 2.88. The van der Waals surface area contributed by atoms with Crippen molar-refractivity contribution in [2.75, 3.05) is 6.54 Å². The number of likely N-dealkylation sites (tertiary alicyclic amines) is 1. The maximum absolute atomic E-state index is 14.8. The maximum Gasteiger partial charge on any atom is 0.407 e. The Balaban J connectivity index is 2.04. The van der Waals surface area contributed by atoms with Crippen LogP contribution in [0, 0.1) is 5.82 Å². The smallest absolute Gasteiger partial charge is 0.407 e. The Morgan fingerprint density at radius 1 is 1.41 bits per heavy atom. The molecule has 3 atom stereocenters. The highest BCUT2D eigenvalue weighted by Gasteiger charge is 2.58. The van der Waals surface area contributed by atoms with Gasteiger partial charge in [-0.1, -0.05) is 12.1 Å². The van der Waals surface area contributed by atoms with Gasteiger partial charge in [0.1, 0.15) is 12.0 Å². The Hall–Kier alpha value is -1.33. The van der Waals surface area contributed by atoms with Crippen molar-refractivity contribution >= 4 is 32.9 Å². The first-order valence-corrected chi connectivity index (χ1v) is 10.3. The van der Waals surface area contributed by atoms with Crippen LogP contribution in [0.5, 0.6) is 0 Å². The van der Waals surface area contributed by atoms with E-state index >= 15 is 0 Å². The minimum atomic E-state index is -3.50. The zero-order valence-electron chi connectivity index (χ0n) is 14.0. The van der Waals surface area contributed by atoms with E-state index in [1.165, 1.54) is 18.2 Å². The third kappa shape index (κ3) is 3.95. The Kier molecular flexibility index (Phi) is 5.74. The number of nitrogens with zero attached hydrogens (tertiary/aromatic N) is 2. The molecule has 150 valence electrons. The average molecular weight is 471 g/mol. The van der Waals surface area contributed by atoms with Gasteiger partial charge in [-0.3, -0.25) is 0 Å². The van der Waals surface area contributed by atoms with Crippen molar-refractivity contribution in [1.29, 1.82) is 0 Å². The van der Waals surface area contributed by atoms with E-state index in [-0.39, 0.29) is 42.3 Å². The molecular weight excluding hydrogens is 453 g/mol. The molecule has 27 heavy (non-hydrogen) atoms. The van der Waals surface area contributed by atoms with Crippen LogP contribution >= 0.6 is 15.9 Å². The first kappa shape index (κ1) is 20.4. The number of thiol groups is 1. The minimum absolute atomic E-state index is 0.0788. The van der Waals surface area contributed by atoms with Crippen LogP contribution in [-0.4, -0.2) is 59.4 Å². The van der Waals surface area contributed by atoms with Crippen molar-refractivity contribution in [3.8, 4) is 0 Å². The molecule has 2 aliphatic rings. The van der Waals surface area contributed by atoms with Gasteiger partial charge in [-0.25, -0.2) is 26.4 Å². The number of benzene rings is 1. The number of rotatable bonds is 5. The van der Waals surface area contributed by atoms with Crippen LogP contribution in [-0.2, 0) is 17.3 Å². The van der Waals surface area contributed by atoms with Crippen LogP contribution < -0.4 is 0 Å². The summed E-state index contributed by atoms with van der Waals surface area (Å²) < 4.78 is 67.9. The highest BCUT2D eigenvalue weighted by molar-refractivity contribution is 9.10. The van der Waals surface area contributed by atoms with Gasteiger partial charge >= 0.3 is 6.09 Å². The van der Waals surface area contributed by atoms with Crippen LogP contribution in [0.3, 0.4) is 0 Å². The van der Waals surface area contributed by atoms with E-state index < -0.39 is 46.8 Å². The second kappa shape index (κ2) is 7.59. The molecule has 6 nitrogen and oxygen atoms in total. The summed E-state index contributed by atoms with van der Waals surface area (Å²) in [4.78, 5) is 12.5. The molecule has 1 amide bonds. The van der Waals surface area contributed by atoms with Gasteiger partial charge in [-0.05, 0) is 40.4 Å². The number of carbonyl (C=O) groups is 1. The summed E-state index contributed by atoms with van der Waals surface area (Å²) in [6.07, 6.45) is -3.85. The maximum atomic E-state index is 14.8. The molecule has 11 heteroatoms. The van der Waals surface area contributed by atoms with Crippen LogP contribution in [0.4, 0.5) is 18.0 Å². The van der Waals surface area contributed by atoms with Crippen LogP contribution in [0.2, 0.25) is 0 Å². The summed E-state index contributed by atoms with van der Waals surface area (Å²) in [5.41, 5.74) is 0.0875. The molecule has 0 spiro atoms. The number of piperidine rings is 1. The first-order chi connectivity index (χ1) is 12.7. The molecule has 1 heterocycles. The molecule has 1 saturated heterocycles. The van der Waals surface area contributed by atoms with Gasteiger partial charge in [-0.15, -0.1) is 0 Å². The van der Waals surface area contributed by atoms with Crippen LogP contribution in [0.15, 0.2) is 22.7 Å². The van der Waals surface area contributed by atoms with Gasteiger partial charge in [0.05, 0.1) is 16.6 Å². The second-order valence-corrected chi connectivity index (χ2v) is 8.52. The molecule has 1 aromatic carbocycles. The molecule has 2 fully saturated rings. The highest BCUT2D eigenvalue weighted by Crippen LogP contribution is 2.47. The molecule has 0 unspecified atom stereocenters. The molecule has 0 aromatic heterocycles.